The average molecular weight is 881 g/mol. The molecule has 0 saturated carbocycles. The molecule has 2 heteroatoms. The zero-order chi connectivity index (χ0) is 46.1. The Morgan fingerprint density at radius 2 is 0.899 bits per heavy atom. The van der Waals surface area contributed by atoms with Gasteiger partial charge >= 0.3 is 0 Å². The summed E-state index contributed by atoms with van der Waals surface area (Å²) in [7, 11) is 0. The summed E-state index contributed by atoms with van der Waals surface area (Å²) < 4.78 is 2.40. The van der Waals surface area contributed by atoms with Gasteiger partial charge in [0.1, 0.15) is 0 Å². The van der Waals surface area contributed by atoms with E-state index in [9.17, 15) is 0 Å². The first kappa shape index (κ1) is 40.5. The van der Waals surface area contributed by atoms with E-state index in [1.807, 2.05) is 0 Å². The first-order valence-corrected chi connectivity index (χ1v) is 24.0. The number of nitrogens with zero attached hydrogens (tertiary/aromatic N) is 2. The van der Waals surface area contributed by atoms with Crippen LogP contribution in [0.15, 0.2) is 255 Å². The largest absolute Gasteiger partial charge is 0.310 e. The first-order chi connectivity index (χ1) is 34.0. The molecule has 1 aliphatic carbocycles. The Morgan fingerprint density at radius 1 is 0.348 bits per heavy atom. The molecule has 0 fully saturated rings. The van der Waals surface area contributed by atoms with E-state index in [4.69, 9.17) is 0 Å². The van der Waals surface area contributed by atoms with Gasteiger partial charge in [-0.25, -0.2) is 0 Å². The molecule has 11 aromatic carbocycles. The number of aromatic nitrogens is 1. The molecule has 0 atom stereocenters. The van der Waals surface area contributed by atoms with Crippen molar-refractivity contribution in [2.24, 2.45) is 0 Å². The minimum atomic E-state index is -0.155. The molecular weight excluding hydrogens is 833 g/mol. The van der Waals surface area contributed by atoms with Gasteiger partial charge in [0, 0.05) is 38.8 Å². The van der Waals surface area contributed by atoms with Gasteiger partial charge in [-0.1, -0.05) is 214 Å². The standard InChI is InChI=1S/C67H48N2/c1-67(2)61-37-12-9-30-55(61)60-36-19-34-54(66(60)67)49-25-16-29-52(43-49)68(62-38-13-11-32-57(62)59-35-18-23-46-22-17-33-53(65(46)59)45-20-5-3-6-21-45)51-28-15-24-47(42-51)48-40-41-58-56-31-10-14-39-63(56)69(64(58)44-48)50-26-7-4-8-27-50/h3-44H,1-2H3. The second-order valence-corrected chi connectivity index (χ2v) is 18.8. The number of anilines is 3. The number of para-hydroxylation sites is 3. The van der Waals surface area contributed by atoms with E-state index >= 15 is 0 Å². The SMILES string of the molecule is CC1(C)c2ccccc2-c2cccc(-c3cccc(N(c4cccc(-c5ccc6c7ccccc7n(-c7ccccc7)c6c5)c4)c4ccccc4-c4cccc5cccc(-c6ccccc6)c45)c3)c21. The zero-order valence-corrected chi connectivity index (χ0v) is 38.6. The van der Waals surface area contributed by atoms with E-state index in [0.29, 0.717) is 0 Å². The van der Waals surface area contributed by atoms with Crippen LogP contribution in [0.25, 0.3) is 93.9 Å². The summed E-state index contributed by atoms with van der Waals surface area (Å²) in [4.78, 5) is 2.48. The van der Waals surface area contributed by atoms with Crippen LogP contribution >= 0.6 is 0 Å². The molecule has 1 heterocycles. The quantitative estimate of drug-likeness (QED) is 0.148. The van der Waals surface area contributed by atoms with Gasteiger partial charge in [-0.15, -0.1) is 0 Å². The highest BCUT2D eigenvalue weighted by molar-refractivity contribution is 6.11. The second-order valence-electron chi connectivity index (χ2n) is 18.8. The van der Waals surface area contributed by atoms with Crippen molar-refractivity contribution < 1.29 is 0 Å². The lowest BCUT2D eigenvalue weighted by Gasteiger charge is -2.30. The van der Waals surface area contributed by atoms with Gasteiger partial charge in [-0.2, -0.15) is 0 Å². The van der Waals surface area contributed by atoms with Gasteiger partial charge in [0.15, 0.2) is 0 Å². The Kier molecular flexibility index (Phi) is 9.55. The summed E-state index contributed by atoms with van der Waals surface area (Å²) in [6.07, 6.45) is 0. The van der Waals surface area contributed by atoms with Crippen LogP contribution in [0, 0.1) is 0 Å². The summed E-state index contributed by atoms with van der Waals surface area (Å²) in [5.41, 5.74) is 21.6. The Bertz CT molecular complexity index is 3930. The maximum Gasteiger partial charge on any atom is 0.0547 e. The zero-order valence-electron chi connectivity index (χ0n) is 38.6. The minimum Gasteiger partial charge on any atom is -0.310 e. The normalized spacial score (nSPS) is 12.6. The summed E-state index contributed by atoms with van der Waals surface area (Å²) in [5.74, 6) is 0. The van der Waals surface area contributed by atoms with Crippen molar-refractivity contribution >= 4 is 49.6 Å². The van der Waals surface area contributed by atoms with Gasteiger partial charge in [0.05, 0.1) is 16.7 Å². The molecule has 0 bridgehead atoms. The van der Waals surface area contributed by atoms with E-state index < -0.39 is 0 Å². The van der Waals surface area contributed by atoms with Crippen LogP contribution in [-0.2, 0) is 5.41 Å². The summed E-state index contributed by atoms with van der Waals surface area (Å²) in [6, 6.07) is 93.7. The molecule has 1 aliphatic rings. The van der Waals surface area contributed by atoms with Gasteiger partial charge < -0.3 is 9.47 Å². The van der Waals surface area contributed by atoms with Crippen molar-refractivity contribution in [3.8, 4) is 61.3 Å². The van der Waals surface area contributed by atoms with Gasteiger partial charge in [0.25, 0.3) is 0 Å². The van der Waals surface area contributed by atoms with Crippen LogP contribution < -0.4 is 4.90 Å². The van der Waals surface area contributed by atoms with Crippen molar-refractivity contribution in [2.75, 3.05) is 4.90 Å². The molecule has 326 valence electrons. The summed E-state index contributed by atoms with van der Waals surface area (Å²) in [6.45, 7) is 4.76. The molecule has 2 nitrogen and oxygen atoms in total. The van der Waals surface area contributed by atoms with Crippen LogP contribution in [0.1, 0.15) is 25.0 Å². The number of fused-ring (bicyclic) bond motifs is 7. The molecule has 1 aromatic heterocycles. The van der Waals surface area contributed by atoms with Crippen LogP contribution in [-0.4, -0.2) is 4.57 Å². The number of hydrogen-bond donors (Lipinski definition) is 0. The van der Waals surface area contributed by atoms with Gasteiger partial charge in [0.2, 0.25) is 0 Å². The molecule has 0 aliphatic heterocycles. The topological polar surface area (TPSA) is 8.17 Å². The molecule has 0 unspecified atom stereocenters. The highest BCUT2D eigenvalue weighted by Crippen LogP contribution is 2.53. The lowest BCUT2D eigenvalue weighted by molar-refractivity contribution is 0.662. The molecule has 69 heavy (non-hydrogen) atoms. The Balaban J connectivity index is 1.02. The highest BCUT2D eigenvalue weighted by Gasteiger charge is 2.37. The van der Waals surface area contributed by atoms with Crippen LogP contribution in [0.3, 0.4) is 0 Å². The molecule has 0 spiro atoms. The maximum absolute atomic E-state index is 2.48. The van der Waals surface area contributed by atoms with E-state index in [-0.39, 0.29) is 5.41 Å². The molecule has 0 amide bonds. The van der Waals surface area contributed by atoms with Crippen LogP contribution in [0.2, 0.25) is 0 Å². The van der Waals surface area contributed by atoms with Crippen molar-refractivity contribution in [2.45, 2.75) is 19.3 Å². The van der Waals surface area contributed by atoms with Crippen LogP contribution in [0.4, 0.5) is 17.1 Å². The Hall–Kier alpha value is -8.72. The number of rotatable bonds is 8. The Labute approximate surface area is 403 Å². The van der Waals surface area contributed by atoms with Crippen molar-refractivity contribution in [3.63, 3.8) is 0 Å². The van der Waals surface area contributed by atoms with E-state index in [2.05, 4.69) is 278 Å². The Morgan fingerprint density at radius 3 is 1.71 bits per heavy atom. The van der Waals surface area contributed by atoms with E-state index in [1.54, 1.807) is 0 Å². The van der Waals surface area contributed by atoms with Gasteiger partial charge in [-0.3, -0.25) is 0 Å². The lowest BCUT2D eigenvalue weighted by atomic mass is 9.79. The molecule has 0 N–H and O–H groups in total. The van der Waals surface area contributed by atoms with Gasteiger partial charge in [-0.05, 0) is 127 Å². The fraction of sp³-hybridized carbons (Fsp3) is 0.0448. The fourth-order valence-electron chi connectivity index (χ4n) is 11.5. The molecule has 13 rings (SSSR count). The third-order valence-corrected chi connectivity index (χ3v) is 14.5. The van der Waals surface area contributed by atoms with Crippen molar-refractivity contribution in [1.29, 1.82) is 0 Å². The lowest BCUT2D eigenvalue weighted by Crippen LogP contribution is -2.16. The average Bonchev–Trinajstić information content (AvgIpc) is 3.87. The predicted molar refractivity (Wildman–Crippen MR) is 292 cm³/mol. The summed E-state index contributed by atoms with van der Waals surface area (Å²) in [5, 5.41) is 4.94. The molecular formula is C67H48N2. The maximum atomic E-state index is 2.48. The summed E-state index contributed by atoms with van der Waals surface area (Å²) >= 11 is 0. The highest BCUT2D eigenvalue weighted by atomic mass is 15.1. The first-order valence-electron chi connectivity index (χ1n) is 24.0. The molecule has 0 saturated heterocycles. The molecule has 12 aromatic rings. The predicted octanol–water partition coefficient (Wildman–Crippen LogP) is 18.4. The smallest absolute Gasteiger partial charge is 0.0547 e. The van der Waals surface area contributed by atoms with Crippen molar-refractivity contribution in [1.82, 2.24) is 4.57 Å². The second kappa shape index (κ2) is 16.3. The third-order valence-electron chi connectivity index (χ3n) is 14.5. The van der Waals surface area contributed by atoms with E-state index in [0.717, 1.165) is 39.4 Å². The third kappa shape index (κ3) is 6.63. The van der Waals surface area contributed by atoms with Crippen molar-refractivity contribution in [3.05, 3.63) is 266 Å². The number of hydrogen-bond acceptors (Lipinski definition) is 1. The fourth-order valence-corrected chi connectivity index (χ4v) is 11.5. The number of benzene rings is 11. The minimum absolute atomic E-state index is 0.155. The van der Waals surface area contributed by atoms with E-state index in [1.165, 1.54) is 82.6 Å². The monoisotopic (exact) mass is 880 g/mol. The van der Waals surface area contributed by atoms with Crippen LogP contribution in [0.5, 0.6) is 0 Å². The molecule has 0 radical (unpaired) electrons.